The van der Waals surface area contributed by atoms with Crippen molar-refractivity contribution >= 4 is 0 Å². The van der Waals surface area contributed by atoms with E-state index >= 15 is 0 Å². The molecule has 0 bridgehead atoms. The van der Waals surface area contributed by atoms with E-state index in [9.17, 15) is 5.11 Å². The Kier molecular flexibility index (Phi) is 3.06. The first-order valence-corrected chi connectivity index (χ1v) is 8.98. The molecule has 4 rings (SSSR count). The molecule has 1 nitrogen and oxygen atoms in total. The van der Waals surface area contributed by atoms with Gasteiger partial charge in [-0.2, -0.15) is 0 Å². The van der Waals surface area contributed by atoms with Gasteiger partial charge < -0.3 is 5.11 Å². The lowest BCUT2D eigenvalue weighted by atomic mass is 9.50. The average Bonchev–Trinajstić information content (AvgIpc) is 2.79. The van der Waals surface area contributed by atoms with Crippen LogP contribution in [0.1, 0.15) is 64.7 Å². The van der Waals surface area contributed by atoms with Crippen molar-refractivity contribution in [3.8, 4) is 12.3 Å². The van der Waals surface area contributed by atoms with Crippen molar-refractivity contribution in [2.24, 2.45) is 29.1 Å². The molecule has 4 aliphatic rings. The van der Waals surface area contributed by atoms with Gasteiger partial charge in [0, 0.05) is 5.41 Å². The number of terminal acetylenes is 1. The van der Waals surface area contributed by atoms with Crippen molar-refractivity contribution < 1.29 is 5.11 Å². The van der Waals surface area contributed by atoms with Gasteiger partial charge in [0.15, 0.2) is 0 Å². The highest BCUT2D eigenvalue weighted by Crippen LogP contribution is 2.64. The fourth-order valence-corrected chi connectivity index (χ4v) is 6.56. The van der Waals surface area contributed by atoms with Crippen LogP contribution in [0.2, 0.25) is 0 Å². The molecule has 3 fully saturated rings. The predicted molar refractivity (Wildman–Crippen MR) is 85.5 cm³/mol. The molecule has 6 atom stereocenters. The van der Waals surface area contributed by atoms with Gasteiger partial charge in [-0.1, -0.05) is 24.5 Å². The molecule has 21 heavy (non-hydrogen) atoms. The zero-order chi connectivity index (χ0) is 14.7. The molecule has 1 heteroatoms. The molecule has 4 aliphatic carbocycles. The quantitative estimate of drug-likeness (QED) is 0.519. The van der Waals surface area contributed by atoms with Crippen molar-refractivity contribution in [2.75, 3.05) is 0 Å². The molecule has 0 radical (unpaired) electrons. The fourth-order valence-electron chi connectivity index (χ4n) is 6.56. The van der Waals surface area contributed by atoms with Crippen LogP contribution in [-0.2, 0) is 0 Å². The maximum atomic E-state index is 10.9. The molecule has 3 saturated carbocycles. The van der Waals surface area contributed by atoms with Crippen molar-refractivity contribution in [1.82, 2.24) is 0 Å². The summed E-state index contributed by atoms with van der Waals surface area (Å²) >= 11 is 0. The first kappa shape index (κ1) is 13.9. The number of rotatable bonds is 0. The van der Waals surface area contributed by atoms with E-state index in [4.69, 9.17) is 6.42 Å². The molecule has 0 aromatic rings. The summed E-state index contributed by atoms with van der Waals surface area (Å²) in [5.41, 5.74) is 0.903. The van der Waals surface area contributed by atoms with Crippen LogP contribution in [0.5, 0.6) is 0 Å². The van der Waals surface area contributed by atoms with Gasteiger partial charge in [-0.05, 0) is 81.5 Å². The molecule has 0 heterocycles. The molecule has 0 spiro atoms. The van der Waals surface area contributed by atoms with Gasteiger partial charge in [-0.25, -0.2) is 0 Å². The van der Waals surface area contributed by atoms with Gasteiger partial charge in [0.05, 0.1) is 0 Å². The minimum Gasteiger partial charge on any atom is -0.377 e. The van der Waals surface area contributed by atoms with E-state index < -0.39 is 5.60 Å². The van der Waals surface area contributed by atoms with Crippen molar-refractivity contribution in [1.29, 1.82) is 0 Å². The van der Waals surface area contributed by atoms with E-state index in [1.165, 1.54) is 38.5 Å². The number of aliphatic hydroxyl groups is 1. The van der Waals surface area contributed by atoms with Crippen LogP contribution in [0, 0.1) is 41.4 Å². The zero-order valence-corrected chi connectivity index (χ0v) is 13.3. The minimum absolute atomic E-state index is 0.0290. The largest absolute Gasteiger partial charge is 0.377 e. The van der Waals surface area contributed by atoms with E-state index in [-0.39, 0.29) is 5.41 Å². The third kappa shape index (κ3) is 1.75. The Morgan fingerprint density at radius 2 is 2.05 bits per heavy atom. The Morgan fingerprint density at radius 3 is 2.86 bits per heavy atom. The van der Waals surface area contributed by atoms with Crippen LogP contribution in [0.15, 0.2) is 11.6 Å². The number of hydrogen-bond donors (Lipinski definition) is 1. The third-order valence-corrected chi connectivity index (χ3v) is 7.77. The van der Waals surface area contributed by atoms with Crippen LogP contribution in [0.4, 0.5) is 0 Å². The normalized spacial score (nSPS) is 52.1. The van der Waals surface area contributed by atoms with Crippen LogP contribution in [0.25, 0.3) is 0 Å². The lowest BCUT2D eigenvalue weighted by Gasteiger charge is -2.54. The number of allylic oxidation sites excluding steroid dienone is 2. The van der Waals surface area contributed by atoms with Gasteiger partial charge >= 0.3 is 0 Å². The van der Waals surface area contributed by atoms with Gasteiger partial charge in [0.2, 0.25) is 0 Å². The van der Waals surface area contributed by atoms with E-state index in [0.29, 0.717) is 5.92 Å². The summed E-state index contributed by atoms with van der Waals surface area (Å²) in [6, 6.07) is 0. The average molecular weight is 284 g/mol. The first-order valence-electron chi connectivity index (χ1n) is 8.98. The van der Waals surface area contributed by atoms with Crippen molar-refractivity contribution in [3.05, 3.63) is 11.6 Å². The van der Waals surface area contributed by atoms with Gasteiger partial charge in [0.1, 0.15) is 5.60 Å². The van der Waals surface area contributed by atoms with E-state index in [1.54, 1.807) is 5.57 Å². The lowest BCUT2D eigenvalue weighted by molar-refractivity contribution is -0.0857. The van der Waals surface area contributed by atoms with Crippen LogP contribution < -0.4 is 0 Å². The summed E-state index contributed by atoms with van der Waals surface area (Å²) in [6.07, 6.45) is 19.4. The van der Waals surface area contributed by atoms with E-state index in [0.717, 1.165) is 37.0 Å². The summed E-state index contributed by atoms with van der Waals surface area (Å²) in [6.45, 7) is 2.28. The Hall–Kier alpha value is -0.740. The minimum atomic E-state index is -0.842. The Balaban J connectivity index is 1.66. The molecule has 0 aromatic carbocycles. The molecule has 4 unspecified atom stereocenters. The molecule has 0 aromatic heterocycles. The Labute approximate surface area is 129 Å². The summed E-state index contributed by atoms with van der Waals surface area (Å²) in [7, 11) is 0. The van der Waals surface area contributed by atoms with Crippen LogP contribution in [-0.4, -0.2) is 10.7 Å². The topological polar surface area (TPSA) is 20.2 Å². The highest BCUT2D eigenvalue weighted by molar-refractivity contribution is 5.25. The summed E-state index contributed by atoms with van der Waals surface area (Å²) in [5.74, 6) is 5.98. The number of hydrogen-bond acceptors (Lipinski definition) is 1. The lowest BCUT2D eigenvalue weighted by Crippen LogP contribution is -2.52. The zero-order valence-electron chi connectivity index (χ0n) is 13.3. The highest BCUT2D eigenvalue weighted by Gasteiger charge is 2.61. The summed E-state index contributed by atoms with van der Waals surface area (Å²) in [5, 5.41) is 10.9. The van der Waals surface area contributed by atoms with Gasteiger partial charge in [-0.15, -0.1) is 6.42 Å². The van der Waals surface area contributed by atoms with Gasteiger partial charge in [-0.3, -0.25) is 0 Å². The molecular weight excluding hydrogens is 256 g/mol. The van der Waals surface area contributed by atoms with Crippen molar-refractivity contribution in [3.63, 3.8) is 0 Å². The van der Waals surface area contributed by atoms with Crippen molar-refractivity contribution in [2.45, 2.75) is 70.3 Å². The fraction of sp³-hybridized carbons (Fsp3) is 0.800. The maximum absolute atomic E-state index is 10.9. The second kappa shape index (κ2) is 4.63. The molecular formula is C20H28O. The molecule has 0 aliphatic heterocycles. The van der Waals surface area contributed by atoms with E-state index in [1.807, 2.05) is 0 Å². The maximum Gasteiger partial charge on any atom is 0.130 e. The highest BCUT2D eigenvalue weighted by atomic mass is 16.3. The summed E-state index contributed by atoms with van der Waals surface area (Å²) < 4.78 is 0. The van der Waals surface area contributed by atoms with Crippen LogP contribution in [0.3, 0.4) is 0 Å². The monoisotopic (exact) mass is 284 g/mol. The second-order valence-corrected chi connectivity index (χ2v) is 8.29. The molecule has 1 N–H and O–H groups in total. The first-order chi connectivity index (χ1) is 10.1. The number of fused-ring (bicyclic) bond motifs is 5. The second-order valence-electron chi connectivity index (χ2n) is 8.29. The Bertz CT molecular complexity index is 512. The van der Waals surface area contributed by atoms with Gasteiger partial charge in [0.25, 0.3) is 0 Å². The van der Waals surface area contributed by atoms with Crippen LogP contribution >= 0.6 is 0 Å². The summed E-state index contributed by atoms with van der Waals surface area (Å²) in [4.78, 5) is 0. The molecule has 114 valence electrons. The SMILES string of the molecule is C#C[C@]1(O)CCC2C3CCC4=CCCCC4C3CC[C@@]21C. The predicted octanol–water partition coefficient (Wildman–Crippen LogP) is 4.31. The molecule has 0 saturated heterocycles. The van der Waals surface area contributed by atoms with E-state index in [2.05, 4.69) is 18.9 Å². The Morgan fingerprint density at radius 1 is 1.19 bits per heavy atom. The third-order valence-electron chi connectivity index (χ3n) is 7.77. The smallest absolute Gasteiger partial charge is 0.130 e. The molecule has 0 amide bonds. The standard InChI is InChI=1S/C20H28O/c1-3-20(21)13-11-18-17-9-8-14-6-4-5-7-15(14)16(17)10-12-19(18,20)2/h1,6,15-18,21H,4-5,7-13H2,2H3/t15?,16?,17?,18?,19-,20-/m0/s1.